The monoisotopic (exact) mass is 1840 g/mol. The molecule has 14 nitrogen and oxygen atoms in total. The van der Waals surface area contributed by atoms with Crippen LogP contribution in [0.15, 0.2) is 293 Å². The smallest absolute Gasteiger partial charge is 0.311 e. The first kappa shape index (κ1) is 91.1. The minimum absolute atomic E-state index is 0.0590. The summed E-state index contributed by atoms with van der Waals surface area (Å²) in [7, 11) is 10.7. The highest BCUT2D eigenvalue weighted by molar-refractivity contribution is 6.31. The number of benzene rings is 10. The van der Waals surface area contributed by atoms with Gasteiger partial charge in [-0.05, 0) is 296 Å². The summed E-state index contributed by atoms with van der Waals surface area (Å²) in [4.78, 5) is 23.3. The van der Waals surface area contributed by atoms with Gasteiger partial charge in [0.1, 0.15) is 52.5 Å². The molecule has 0 aliphatic carbocycles. The second-order valence-electron chi connectivity index (χ2n) is 38.5. The number of hydrogen-bond acceptors (Lipinski definition) is 14. The quantitative estimate of drug-likeness (QED) is 0.0865. The third-order valence-electron chi connectivity index (χ3n) is 31.6. The lowest BCUT2D eigenvalue weighted by Crippen LogP contribution is -2.48. The van der Waals surface area contributed by atoms with Crippen LogP contribution in [0.2, 0.25) is 20.1 Å². The fourth-order valence-corrected chi connectivity index (χ4v) is 25.2. The van der Waals surface area contributed by atoms with Crippen molar-refractivity contribution in [3.8, 4) is 39.5 Å². The van der Waals surface area contributed by atoms with Crippen LogP contribution >= 0.6 is 46.4 Å². The molecule has 0 spiro atoms. The van der Waals surface area contributed by atoms with Crippen LogP contribution in [0.5, 0.6) is 5.75 Å². The first-order valence-corrected chi connectivity index (χ1v) is 49.3. The van der Waals surface area contributed by atoms with Gasteiger partial charge in [-0.2, -0.15) is 0 Å². The Morgan fingerprint density at radius 1 is 0.379 bits per heavy atom. The van der Waals surface area contributed by atoms with E-state index in [2.05, 4.69) is 209 Å². The van der Waals surface area contributed by atoms with Crippen molar-refractivity contribution in [3.63, 3.8) is 0 Å². The van der Waals surface area contributed by atoms with Gasteiger partial charge in [0.25, 0.3) is 0 Å². The molecule has 19 heteroatoms. The first-order valence-electron chi connectivity index (χ1n) is 47.8. The normalized spacial score (nSPS) is 27.9. The molecular weight excluding hydrogens is 1730 g/mol. The summed E-state index contributed by atoms with van der Waals surface area (Å²) in [5.41, 5.74) is 16.1. The number of methoxy groups -OCH3 is 1. The predicted octanol–water partition coefficient (Wildman–Crippen LogP) is 26.6. The zero-order chi connectivity index (χ0) is 90.6. The van der Waals surface area contributed by atoms with E-state index in [0.29, 0.717) is 96.4 Å². The van der Waals surface area contributed by atoms with E-state index in [0.717, 1.165) is 133 Å². The highest BCUT2D eigenvalue weighted by Crippen LogP contribution is 2.57. The summed E-state index contributed by atoms with van der Waals surface area (Å²) in [6.45, 7) is 2.53. The number of hydrogen-bond donors (Lipinski definition) is 1. The zero-order valence-electron chi connectivity index (χ0n) is 76.1. The number of likely N-dealkylation sites (N-methyl/N-ethyl adjacent to an activating group) is 4. The number of nitrogens with one attached hydrogen (secondary N) is 1. The van der Waals surface area contributed by atoms with Gasteiger partial charge in [0, 0.05) is 145 Å². The fraction of sp³-hybridized carbons (Fsp3) is 0.381. The largest absolute Gasteiger partial charge is 0.497 e. The maximum absolute atomic E-state index is 13.3. The van der Waals surface area contributed by atoms with Gasteiger partial charge < -0.3 is 28.4 Å². The minimum atomic E-state index is -0.249. The fourth-order valence-electron chi connectivity index (χ4n) is 24.7. The first-order chi connectivity index (χ1) is 64.4. The second kappa shape index (κ2) is 41.1. The Bertz CT molecular complexity index is 5780. The molecule has 13 aromatic rings. The van der Waals surface area contributed by atoms with Crippen LogP contribution in [0.3, 0.4) is 0 Å². The van der Waals surface area contributed by atoms with E-state index < -0.39 is 0 Å². The number of fused-ring (bicyclic) bond motifs is 10. The summed E-state index contributed by atoms with van der Waals surface area (Å²) < 4.78 is 42.0. The van der Waals surface area contributed by atoms with E-state index in [9.17, 15) is 9.18 Å². The number of piperidine rings is 5. The number of esters is 1. The van der Waals surface area contributed by atoms with Crippen molar-refractivity contribution >= 4 is 52.4 Å². The molecule has 20 atom stereocenters. The highest BCUT2D eigenvalue weighted by atomic mass is 35.5. The van der Waals surface area contributed by atoms with Crippen molar-refractivity contribution in [1.29, 1.82) is 0 Å². The Kier molecular flexibility index (Phi) is 28.3. The summed E-state index contributed by atoms with van der Waals surface area (Å²) in [5.74, 6) is 6.89. The van der Waals surface area contributed by atoms with Crippen LogP contribution in [-0.2, 0) is 22.6 Å². The molecular formula is C113H119Cl4FN8O6. The van der Waals surface area contributed by atoms with Crippen LogP contribution in [0.25, 0.3) is 33.8 Å². The molecule has 10 saturated heterocycles. The minimum Gasteiger partial charge on any atom is -0.497 e. The average Bonchev–Trinajstić information content (AvgIpc) is 1.61. The number of nitrogens with zero attached hydrogens (tertiary/aromatic N) is 7. The Labute approximate surface area is 796 Å². The Balaban J connectivity index is 0.000000107. The van der Waals surface area contributed by atoms with E-state index in [1.54, 1.807) is 19.2 Å². The number of aryl methyl sites for hydroxylation is 1. The topological polar surface area (TPSA) is 139 Å². The number of rotatable bonds is 17. The van der Waals surface area contributed by atoms with Gasteiger partial charge >= 0.3 is 5.97 Å². The summed E-state index contributed by atoms with van der Waals surface area (Å²) in [6.07, 6.45) is 19.0. The van der Waals surface area contributed by atoms with Gasteiger partial charge in [0.05, 0.1) is 13.0 Å². The second-order valence-corrected chi connectivity index (χ2v) is 40.2. The summed E-state index contributed by atoms with van der Waals surface area (Å²) in [6, 6.07) is 99.9. The Morgan fingerprint density at radius 2 is 0.720 bits per heavy atom. The Morgan fingerprint density at radius 3 is 1.12 bits per heavy atom. The van der Waals surface area contributed by atoms with Crippen LogP contribution in [-0.4, -0.2) is 137 Å². The van der Waals surface area contributed by atoms with Crippen molar-refractivity contribution in [3.05, 3.63) is 367 Å². The van der Waals surface area contributed by atoms with Crippen LogP contribution in [0.1, 0.15) is 218 Å². The molecule has 10 aliphatic heterocycles. The van der Waals surface area contributed by atoms with Gasteiger partial charge in [-0.1, -0.05) is 233 Å². The zero-order valence-corrected chi connectivity index (χ0v) is 79.1. The standard InChI is InChI=1S/C24H25ClN2O2.C23H22Cl2N2O.C23H22ClFN2O.C23H27NO2.C20H23N/c1-27-18-9-12-22(27)24(20(13-18)15-3-7-17(25)8-4-15)23-14-21(26-29-23)16-5-10-19(28-2)11-6-16;2*1-27-18-10-11-21(27)23(19(12-18)14-2-6-16(24)7-3-14)22-13-20(26-28-22)15-4-8-17(25)9-5-15;1-2-16-8-10-18(11-9-16)20-14-19-12-13-21(24-19)22(20)23(25)26-15-17-6-4-3-5-7-17;1-21-17-12-13-19(21)20(16-10-6-3-7-11-16)18(14-17)15-8-4-2-5-9-15/h3-8,10-11,14,18,20,22,24H,9,12-13H2,1-2H3;2*2-9,13,18-19,21,23H,10-12H2,1H3;3-11,19-22,24H,2,12-15H2,1H3;2-11,17-20H,12-14H2,1H3/t18?,20-,22?,24+;2*18?,19-,21?,23+;;/m111../s1. The van der Waals surface area contributed by atoms with Crippen molar-refractivity contribution in [2.75, 3.05) is 35.3 Å². The molecule has 13 heterocycles. The van der Waals surface area contributed by atoms with Crippen molar-refractivity contribution in [2.45, 2.75) is 230 Å². The van der Waals surface area contributed by atoms with E-state index in [-0.39, 0.29) is 35.6 Å². The summed E-state index contributed by atoms with van der Waals surface area (Å²) >= 11 is 24.4. The van der Waals surface area contributed by atoms with Gasteiger partial charge in [-0.3, -0.25) is 24.4 Å². The molecule has 10 aliphatic rings. The molecule has 0 saturated carbocycles. The molecule has 10 aromatic carbocycles. The molecule has 14 unspecified atom stereocenters. The number of aromatic nitrogens is 3. The van der Waals surface area contributed by atoms with Gasteiger partial charge in [0.15, 0.2) is 0 Å². The van der Waals surface area contributed by atoms with Crippen LogP contribution in [0.4, 0.5) is 4.39 Å². The molecule has 10 bridgehead atoms. The third kappa shape index (κ3) is 19.8. The Hall–Kier alpha value is -10.0. The number of ether oxygens (including phenoxy) is 2. The maximum Gasteiger partial charge on any atom is 0.311 e. The lowest BCUT2D eigenvalue weighted by molar-refractivity contribution is -0.152. The molecule has 1 N–H and O–H groups in total. The average molecular weight is 1850 g/mol. The van der Waals surface area contributed by atoms with Crippen LogP contribution < -0.4 is 10.1 Å². The number of halogens is 5. The van der Waals surface area contributed by atoms with Crippen molar-refractivity contribution < 1.29 is 32.2 Å². The highest BCUT2D eigenvalue weighted by Gasteiger charge is 2.53. The van der Waals surface area contributed by atoms with Crippen LogP contribution in [0, 0.1) is 11.7 Å². The van der Waals surface area contributed by atoms with Gasteiger partial charge in [-0.25, -0.2) is 4.39 Å². The van der Waals surface area contributed by atoms with Crippen molar-refractivity contribution in [1.82, 2.24) is 40.4 Å². The molecule has 23 rings (SSSR count). The van der Waals surface area contributed by atoms with E-state index in [1.165, 1.54) is 109 Å². The maximum atomic E-state index is 13.3. The molecule has 0 radical (unpaired) electrons. The number of carbonyl (C=O) groups is 1. The molecule has 3 aromatic heterocycles. The lowest BCUT2D eigenvalue weighted by atomic mass is 9.73. The predicted molar refractivity (Wildman–Crippen MR) is 526 cm³/mol. The number of carbonyl (C=O) groups excluding carboxylic acids is 1. The molecule has 682 valence electrons. The lowest BCUT2D eigenvalue weighted by Gasteiger charge is -2.43. The summed E-state index contributed by atoms with van der Waals surface area (Å²) in [5, 5.41) is 19.8. The van der Waals surface area contributed by atoms with E-state index >= 15 is 0 Å². The molecule has 0 amide bonds. The van der Waals surface area contributed by atoms with Crippen molar-refractivity contribution in [2.24, 2.45) is 5.92 Å². The van der Waals surface area contributed by atoms with E-state index in [4.69, 9.17) is 69.4 Å². The van der Waals surface area contributed by atoms with E-state index in [1.807, 2.05) is 121 Å². The van der Waals surface area contributed by atoms with Gasteiger partial charge in [0.2, 0.25) is 0 Å². The SMILES string of the molecule is CCc1ccc(C2CC3CCC(N3)C2C(=O)OCc2ccccc2)cc1.CN1C2CCC1C(c1ccccc1)C(c1ccccc1)C2.CN1C2CCC1[C@@H](c1cc(-c3ccc(Cl)cc3)no1)[C@@H](c1ccc(Cl)cc1)C2.CN1C2CCC1[C@@H](c1cc(-c3ccc(F)cc3)no1)[C@@H](c1ccc(Cl)cc1)C2.COc1ccc(-c2cc([C@@H]3C4CCC(C[C@@H]3c3ccc(Cl)cc3)N4C)on2)cc1. The molecule has 132 heavy (non-hydrogen) atoms. The third-order valence-corrected chi connectivity index (χ3v) is 32.6. The molecule has 10 fully saturated rings. The van der Waals surface area contributed by atoms with Gasteiger partial charge in [-0.15, -0.1) is 0 Å².